The van der Waals surface area contributed by atoms with Crippen molar-refractivity contribution in [2.24, 2.45) is 0 Å². The molecule has 1 N–H and O–H groups in total. The van der Waals surface area contributed by atoms with Gasteiger partial charge in [-0.2, -0.15) is 0 Å². The number of ketones is 1. The molecule has 0 amide bonds. The highest BCUT2D eigenvalue weighted by Crippen LogP contribution is 2.22. The van der Waals surface area contributed by atoms with Crippen LogP contribution in [0.25, 0.3) is 0 Å². The Kier molecular flexibility index (Phi) is 3.07. The third kappa shape index (κ3) is 2.38. The maximum atomic E-state index is 11.0. The van der Waals surface area contributed by atoms with Crippen LogP contribution in [0.1, 0.15) is 19.3 Å². The van der Waals surface area contributed by atoms with Gasteiger partial charge in [-0.15, -0.1) is 0 Å². The van der Waals surface area contributed by atoms with Crippen LogP contribution in [-0.4, -0.2) is 38.3 Å². The summed E-state index contributed by atoms with van der Waals surface area (Å²) < 4.78 is 10.8. The highest BCUT2D eigenvalue weighted by Gasteiger charge is 2.35. The lowest BCUT2D eigenvalue weighted by Gasteiger charge is -2.26. The number of ether oxygens (including phenoxy) is 2. The standard InChI is InChI=1S/C11H17NO3/c1-14-11(4-5-15-8-11)7-12-9-2-3-10(13)6-9/h6,12H,2-5,7-8H2,1H3. The molecule has 1 heterocycles. The summed E-state index contributed by atoms with van der Waals surface area (Å²) in [6.07, 6.45) is 4.08. The van der Waals surface area contributed by atoms with Crippen LogP contribution in [0.5, 0.6) is 0 Å². The molecule has 1 aliphatic heterocycles. The van der Waals surface area contributed by atoms with Crippen molar-refractivity contribution in [3.8, 4) is 0 Å². The van der Waals surface area contributed by atoms with Crippen LogP contribution in [0.15, 0.2) is 11.8 Å². The van der Waals surface area contributed by atoms with Crippen molar-refractivity contribution in [3.05, 3.63) is 11.8 Å². The molecule has 15 heavy (non-hydrogen) atoms. The molecule has 4 heteroatoms. The number of hydrogen-bond acceptors (Lipinski definition) is 4. The van der Waals surface area contributed by atoms with Gasteiger partial charge >= 0.3 is 0 Å². The number of carbonyl (C=O) groups is 1. The summed E-state index contributed by atoms with van der Waals surface area (Å²) in [5.74, 6) is 0.214. The number of carbonyl (C=O) groups excluding carboxylic acids is 1. The Morgan fingerprint density at radius 3 is 3.00 bits per heavy atom. The van der Waals surface area contributed by atoms with Gasteiger partial charge in [0.05, 0.1) is 6.61 Å². The predicted molar refractivity (Wildman–Crippen MR) is 55.5 cm³/mol. The summed E-state index contributed by atoms with van der Waals surface area (Å²) in [6, 6.07) is 0. The fraction of sp³-hybridized carbons (Fsp3) is 0.727. The zero-order chi connectivity index (χ0) is 10.7. The van der Waals surface area contributed by atoms with Crippen LogP contribution in [-0.2, 0) is 14.3 Å². The van der Waals surface area contributed by atoms with Crippen molar-refractivity contribution < 1.29 is 14.3 Å². The minimum atomic E-state index is -0.202. The van der Waals surface area contributed by atoms with Crippen molar-refractivity contribution in [1.82, 2.24) is 5.32 Å². The summed E-state index contributed by atoms with van der Waals surface area (Å²) in [6.45, 7) is 2.12. The molecule has 1 atom stereocenters. The molecule has 0 radical (unpaired) electrons. The molecular formula is C11H17NO3. The second kappa shape index (κ2) is 4.33. The van der Waals surface area contributed by atoms with Crippen LogP contribution in [0.4, 0.5) is 0 Å². The number of hydrogen-bond donors (Lipinski definition) is 1. The van der Waals surface area contributed by atoms with Gasteiger partial charge in [-0.3, -0.25) is 4.79 Å². The van der Waals surface area contributed by atoms with Gasteiger partial charge < -0.3 is 14.8 Å². The van der Waals surface area contributed by atoms with Crippen LogP contribution in [0.2, 0.25) is 0 Å². The van der Waals surface area contributed by atoms with Gasteiger partial charge in [0.2, 0.25) is 0 Å². The second-order valence-electron chi connectivity index (χ2n) is 4.18. The topological polar surface area (TPSA) is 47.6 Å². The highest BCUT2D eigenvalue weighted by atomic mass is 16.5. The van der Waals surface area contributed by atoms with E-state index in [2.05, 4.69) is 5.32 Å². The Balaban J connectivity index is 1.86. The molecule has 2 rings (SSSR count). The molecule has 1 unspecified atom stereocenters. The lowest BCUT2D eigenvalue weighted by molar-refractivity contribution is -0.114. The van der Waals surface area contributed by atoms with E-state index >= 15 is 0 Å². The van der Waals surface area contributed by atoms with E-state index in [-0.39, 0.29) is 11.4 Å². The lowest BCUT2D eigenvalue weighted by atomic mass is 10.0. The number of methoxy groups -OCH3 is 1. The number of rotatable bonds is 4. The molecule has 4 nitrogen and oxygen atoms in total. The first-order chi connectivity index (χ1) is 7.24. The summed E-state index contributed by atoms with van der Waals surface area (Å²) >= 11 is 0. The average molecular weight is 211 g/mol. The van der Waals surface area contributed by atoms with Gasteiger partial charge in [0, 0.05) is 44.9 Å². The minimum Gasteiger partial charge on any atom is -0.385 e. The summed E-state index contributed by atoms with van der Waals surface area (Å²) in [7, 11) is 1.71. The smallest absolute Gasteiger partial charge is 0.157 e. The van der Waals surface area contributed by atoms with Gasteiger partial charge in [-0.25, -0.2) is 0 Å². The van der Waals surface area contributed by atoms with Gasteiger partial charge in [-0.05, 0) is 6.42 Å². The maximum Gasteiger partial charge on any atom is 0.157 e. The van der Waals surface area contributed by atoms with E-state index in [0.29, 0.717) is 13.0 Å². The van der Waals surface area contributed by atoms with E-state index in [1.54, 1.807) is 13.2 Å². The maximum absolute atomic E-state index is 11.0. The number of nitrogens with one attached hydrogen (secondary N) is 1. The van der Waals surface area contributed by atoms with E-state index in [4.69, 9.17) is 9.47 Å². The van der Waals surface area contributed by atoms with Crippen molar-refractivity contribution in [3.63, 3.8) is 0 Å². The second-order valence-corrected chi connectivity index (χ2v) is 4.18. The van der Waals surface area contributed by atoms with E-state index in [9.17, 15) is 4.79 Å². The molecule has 1 aliphatic carbocycles. The van der Waals surface area contributed by atoms with Crippen molar-refractivity contribution in [2.75, 3.05) is 26.9 Å². The third-order valence-corrected chi connectivity index (χ3v) is 3.11. The van der Waals surface area contributed by atoms with Gasteiger partial charge in [-0.1, -0.05) is 0 Å². The molecule has 0 spiro atoms. The summed E-state index contributed by atoms with van der Waals surface area (Å²) in [5, 5.41) is 3.28. The van der Waals surface area contributed by atoms with E-state index < -0.39 is 0 Å². The van der Waals surface area contributed by atoms with E-state index in [1.165, 1.54) is 0 Å². The SMILES string of the molecule is COC1(CNC2=CC(=O)CC2)CCOC1. The van der Waals surface area contributed by atoms with E-state index in [0.717, 1.165) is 31.7 Å². The predicted octanol–water partition coefficient (Wildman–Crippen LogP) is 0.628. The molecule has 0 bridgehead atoms. The van der Waals surface area contributed by atoms with Crippen LogP contribution >= 0.6 is 0 Å². The molecule has 0 saturated carbocycles. The van der Waals surface area contributed by atoms with Crippen LogP contribution in [0.3, 0.4) is 0 Å². The Labute approximate surface area is 89.6 Å². The first-order valence-corrected chi connectivity index (χ1v) is 5.34. The van der Waals surface area contributed by atoms with Crippen molar-refractivity contribution in [2.45, 2.75) is 24.9 Å². The van der Waals surface area contributed by atoms with Gasteiger partial charge in [0.1, 0.15) is 5.60 Å². The zero-order valence-corrected chi connectivity index (χ0v) is 9.04. The van der Waals surface area contributed by atoms with Gasteiger partial charge in [0.25, 0.3) is 0 Å². The Morgan fingerprint density at radius 2 is 2.47 bits per heavy atom. The molecule has 84 valence electrons. The highest BCUT2D eigenvalue weighted by molar-refractivity contribution is 5.92. The molecule has 0 aromatic carbocycles. The third-order valence-electron chi connectivity index (χ3n) is 3.11. The zero-order valence-electron chi connectivity index (χ0n) is 9.04. The first kappa shape index (κ1) is 10.6. The molecule has 0 aromatic heterocycles. The van der Waals surface area contributed by atoms with Crippen LogP contribution in [0, 0.1) is 0 Å². The van der Waals surface area contributed by atoms with Gasteiger partial charge in [0.15, 0.2) is 5.78 Å². The van der Waals surface area contributed by atoms with E-state index in [1.807, 2.05) is 0 Å². The quantitative estimate of drug-likeness (QED) is 0.741. The molecule has 1 fully saturated rings. The Morgan fingerprint density at radius 1 is 1.60 bits per heavy atom. The Bertz CT molecular complexity index is 280. The molecule has 1 saturated heterocycles. The monoisotopic (exact) mass is 211 g/mol. The number of allylic oxidation sites excluding steroid dienone is 2. The normalized spacial score (nSPS) is 30.7. The molecule has 2 aliphatic rings. The summed E-state index contributed by atoms with van der Waals surface area (Å²) in [4.78, 5) is 11.0. The Hall–Kier alpha value is -0.870. The fourth-order valence-electron chi connectivity index (χ4n) is 1.97. The van der Waals surface area contributed by atoms with Crippen molar-refractivity contribution >= 4 is 5.78 Å². The average Bonchev–Trinajstić information content (AvgIpc) is 2.85. The minimum absolute atomic E-state index is 0.202. The van der Waals surface area contributed by atoms with Crippen molar-refractivity contribution in [1.29, 1.82) is 0 Å². The molecular weight excluding hydrogens is 194 g/mol. The lowest BCUT2D eigenvalue weighted by Crippen LogP contribution is -2.42. The largest absolute Gasteiger partial charge is 0.385 e. The molecule has 0 aromatic rings. The van der Waals surface area contributed by atoms with Crippen LogP contribution < -0.4 is 5.32 Å². The first-order valence-electron chi connectivity index (χ1n) is 5.34. The summed E-state index contributed by atoms with van der Waals surface area (Å²) in [5.41, 5.74) is 0.829. The fourth-order valence-corrected chi connectivity index (χ4v) is 1.97.